The van der Waals surface area contributed by atoms with E-state index in [2.05, 4.69) is 21.2 Å². The Balaban J connectivity index is 2.59. The van der Waals surface area contributed by atoms with Crippen molar-refractivity contribution in [1.29, 1.82) is 0 Å². The molecule has 0 saturated heterocycles. The molecule has 0 spiro atoms. The third-order valence-electron chi connectivity index (χ3n) is 2.00. The van der Waals surface area contributed by atoms with Crippen LogP contribution in [0.15, 0.2) is 22.7 Å². The second-order valence-electron chi connectivity index (χ2n) is 3.45. The molecule has 1 unspecified atom stereocenters. The molecule has 1 rings (SSSR count). The van der Waals surface area contributed by atoms with Crippen molar-refractivity contribution >= 4 is 33.4 Å². The van der Waals surface area contributed by atoms with Crippen LogP contribution in [0.5, 0.6) is 0 Å². The first-order valence-corrected chi connectivity index (χ1v) is 6.11. The van der Waals surface area contributed by atoms with Crippen LogP contribution in [-0.2, 0) is 0 Å². The number of hydrogen-bond donors (Lipinski definition) is 1. The molecule has 0 saturated carbocycles. The lowest BCUT2D eigenvalue weighted by atomic mass is 10.2. The van der Waals surface area contributed by atoms with Gasteiger partial charge in [0.05, 0.1) is 5.56 Å². The van der Waals surface area contributed by atoms with Gasteiger partial charge in [0.15, 0.2) is 0 Å². The lowest BCUT2D eigenvalue weighted by Gasteiger charge is -2.07. The van der Waals surface area contributed by atoms with Crippen LogP contribution < -0.4 is 5.32 Å². The van der Waals surface area contributed by atoms with Crippen molar-refractivity contribution in [2.45, 2.75) is 18.7 Å². The zero-order valence-corrected chi connectivity index (χ0v) is 11.1. The number of hydrogen-bond acceptors (Lipinski definition) is 1. The number of carbonyl (C=O) groups is 1. The topological polar surface area (TPSA) is 29.1 Å². The SMILES string of the molecule is CC(Cl)CCNC(=O)c1ccc(F)cc1Br. The monoisotopic (exact) mass is 307 g/mol. The number of rotatable bonds is 4. The van der Waals surface area contributed by atoms with E-state index in [0.29, 0.717) is 23.0 Å². The molecular weight excluding hydrogens is 296 g/mol. The molecule has 0 fully saturated rings. The number of carbonyl (C=O) groups excluding carboxylic acids is 1. The standard InChI is InChI=1S/C11H12BrClFNO/c1-7(13)4-5-15-11(16)9-3-2-8(14)6-10(9)12/h2-3,6-7H,4-5H2,1H3,(H,15,16). The fourth-order valence-electron chi connectivity index (χ4n) is 1.15. The maximum absolute atomic E-state index is 12.8. The van der Waals surface area contributed by atoms with Crippen LogP contribution in [0.25, 0.3) is 0 Å². The number of benzene rings is 1. The Kier molecular flexibility index (Phi) is 5.22. The average molecular weight is 309 g/mol. The van der Waals surface area contributed by atoms with Crippen LogP contribution >= 0.6 is 27.5 Å². The molecular formula is C11H12BrClFNO. The van der Waals surface area contributed by atoms with Crippen molar-refractivity contribution in [2.24, 2.45) is 0 Å². The molecule has 0 radical (unpaired) electrons. The van der Waals surface area contributed by atoms with Crippen LogP contribution in [0.4, 0.5) is 4.39 Å². The molecule has 88 valence electrons. The first-order chi connectivity index (χ1) is 7.50. The fourth-order valence-corrected chi connectivity index (χ4v) is 1.79. The van der Waals surface area contributed by atoms with Crippen LogP contribution in [-0.4, -0.2) is 17.8 Å². The summed E-state index contributed by atoms with van der Waals surface area (Å²) < 4.78 is 13.2. The van der Waals surface area contributed by atoms with E-state index in [1.54, 1.807) is 0 Å². The predicted octanol–water partition coefficient (Wildman–Crippen LogP) is 3.34. The van der Waals surface area contributed by atoms with Crippen molar-refractivity contribution in [3.63, 3.8) is 0 Å². The van der Waals surface area contributed by atoms with Crippen LogP contribution in [0.2, 0.25) is 0 Å². The van der Waals surface area contributed by atoms with Gasteiger partial charge in [-0.1, -0.05) is 0 Å². The highest BCUT2D eigenvalue weighted by molar-refractivity contribution is 9.10. The van der Waals surface area contributed by atoms with Gasteiger partial charge >= 0.3 is 0 Å². The van der Waals surface area contributed by atoms with Gasteiger partial charge in [-0.3, -0.25) is 4.79 Å². The summed E-state index contributed by atoms with van der Waals surface area (Å²) >= 11 is 8.89. The van der Waals surface area contributed by atoms with E-state index in [0.717, 1.165) is 0 Å². The van der Waals surface area contributed by atoms with Crippen LogP contribution in [0.3, 0.4) is 0 Å². The molecule has 1 aromatic carbocycles. The third kappa shape index (κ3) is 4.10. The van der Waals surface area contributed by atoms with Gasteiger partial charge in [0.1, 0.15) is 5.82 Å². The van der Waals surface area contributed by atoms with Crippen LogP contribution in [0.1, 0.15) is 23.7 Å². The van der Waals surface area contributed by atoms with E-state index in [9.17, 15) is 9.18 Å². The lowest BCUT2D eigenvalue weighted by Crippen LogP contribution is -2.26. The molecule has 0 aromatic heterocycles. The van der Waals surface area contributed by atoms with Gasteiger partial charge in [0.2, 0.25) is 0 Å². The summed E-state index contributed by atoms with van der Waals surface area (Å²) in [5, 5.41) is 2.74. The van der Waals surface area contributed by atoms with Gasteiger partial charge in [-0.25, -0.2) is 4.39 Å². The molecule has 0 aliphatic rings. The molecule has 1 aromatic rings. The number of alkyl halides is 1. The second-order valence-corrected chi connectivity index (χ2v) is 5.05. The van der Waals surface area contributed by atoms with Gasteiger partial charge in [-0.15, -0.1) is 11.6 Å². The Morgan fingerprint density at radius 2 is 2.31 bits per heavy atom. The highest BCUT2D eigenvalue weighted by Crippen LogP contribution is 2.17. The first-order valence-electron chi connectivity index (χ1n) is 4.88. The molecule has 5 heteroatoms. The van der Waals surface area contributed by atoms with E-state index in [1.807, 2.05) is 6.92 Å². The Morgan fingerprint density at radius 3 is 2.88 bits per heavy atom. The van der Waals surface area contributed by atoms with Gasteiger partial charge in [0.25, 0.3) is 5.91 Å². The molecule has 0 aliphatic heterocycles. The van der Waals surface area contributed by atoms with Crippen molar-refractivity contribution in [1.82, 2.24) is 5.32 Å². The van der Waals surface area contributed by atoms with Crippen molar-refractivity contribution in [3.05, 3.63) is 34.1 Å². The molecule has 0 aliphatic carbocycles. The Morgan fingerprint density at radius 1 is 1.62 bits per heavy atom. The molecule has 0 heterocycles. The molecule has 1 N–H and O–H groups in total. The number of amides is 1. The average Bonchev–Trinajstić information content (AvgIpc) is 2.16. The summed E-state index contributed by atoms with van der Waals surface area (Å²) in [5.41, 5.74) is 0.420. The quantitative estimate of drug-likeness (QED) is 0.849. The number of nitrogens with one attached hydrogen (secondary N) is 1. The van der Waals surface area contributed by atoms with E-state index >= 15 is 0 Å². The zero-order valence-electron chi connectivity index (χ0n) is 8.77. The molecule has 2 nitrogen and oxygen atoms in total. The summed E-state index contributed by atoms with van der Waals surface area (Å²) in [6.07, 6.45) is 0.701. The Bertz CT molecular complexity index is 384. The smallest absolute Gasteiger partial charge is 0.252 e. The van der Waals surface area contributed by atoms with E-state index in [1.165, 1.54) is 18.2 Å². The maximum Gasteiger partial charge on any atom is 0.252 e. The zero-order chi connectivity index (χ0) is 12.1. The third-order valence-corrected chi connectivity index (χ3v) is 2.88. The second kappa shape index (κ2) is 6.21. The predicted molar refractivity (Wildman–Crippen MR) is 66.4 cm³/mol. The highest BCUT2D eigenvalue weighted by atomic mass is 79.9. The highest BCUT2D eigenvalue weighted by Gasteiger charge is 2.10. The van der Waals surface area contributed by atoms with Crippen LogP contribution in [0, 0.1) is 5.82 Å². The van der Waals surface area contributed by atoms with E-state index in [4.69, 9.17) is 11.6 Å². The minimum absolute atomic E-state index is 0.0250. The molecule has 0 bridgehead atoms. The van der Waals surface area contributed by atoms with E-state index in [-0.39, 0.29) is 17.1 Å². The summed E-state index contributed by atoms with van der Waals surface area (Å²) in [6.45, 7) is 2.37. The summed E-state index contributed by atoms with van der Waals surface area (Å²) in [7, 11) is 0. The number of halogens is 3. The van der Waals surface area contributed by atoms with Gasteiger partial charge in [-0.05, 0) is 47.5 Å². The summed E-state index contributed by atoms with van der Waals surface area (Å²) in [4.78, 5) is 11.7. The van der Waals surface area contributed by atoms with E-state index < -0.39 is 0 Å². The largest absolute Gasteiger partial charge is 0.352 e. The van der Waals surface area contributed by atoms with Gasteiger partial charge in [0, 0.05) is 16.4 Å². The van der Waals surface area contributed by atoms with Crippen molar-refractivity contribution in [3.8, 4) is 0 Å². The van der Waals surface area contributed by atoms with Gasteiger partial charge in [-0.2, -0.15) is 0 Å². The molecule has 1 atom stereocenters. The Labute approximate surface area is 107 Å². The summed E-state index contributed by atoms with van der Waals surface area (Å²) in [5.74, 6) is -0.609. The Hall–Kier alpha value is -0.610. The molecule has 16 heavy (non-hydrogen) atoms. The lowest BCUT2D eigenvalue weighted by molar-refractivity contribution is 0.0952. The molecule has 1 amide bonds. The normalized spacial score (nSPS) is 12.2. The fraction of sp³-hybridized carbons (Fsp3) is 0.364. The minimum atomic E-state index is -0.377. The summed E-state index contributed by atoms with van der Waals surface area (Å²) in [6, 6.07) is 3.96. The van der Waals surface area contributed by atoms with Crippen molar-refractivity contribution in [2.75, 3.05) is 6.54 Å². The van der Waals surface area contributed by atoms with Gasteiger partial charge < -0.3 is 5.32 Å². The maximum atomic E-state index is 12.8. The first kappa shape index (κ1) is 13.5. The minimum Gasteiger partial charge on any atom is -0.352 e. The van der Waals surface area contributed by atoms with Crippen molar-refractivity contribution < 1.29 is 9.18 Å².